The van der Waals surface area contributed by atoms with E-state index in [-0.39, 0.29) is 0 Å². The second-order valence-electron chi connectivity index (χ2n) is 11.8. The van der Waals surface area contributed by atoms with Gasteiger partial charge in [-0.1, -0.05) is 60.7 Å². The van der Waals surface area contributed by atoms with Crippen molar-refractivity contribution in [3.63, 3.8) is 0 Å². The lowest BCUT2D eigenvalue weighted by molar-refractivity contribution is -0.148. The molecule has 0 spiro atoms. The van der Waals surface area contributed by atoms with Crippen LogP contribution in [0.4, 0.5) is 0 Å². The van der Waals surface area contributed by atoms with Crippen LogP contribution >= 0.6 is 11.8 Å². The zero-order valence-electron chi connectivity index (χ0n) is 23.5. The smallest absolute Gasteiger partial charge is 0.137 e. The molecule has 3 aliphatic rings. The predicted octanol–water partition coefficient (Wildman–Crippen LogP) is 8.01. The number of H-pyrrole nitrogens is 1. The highest BCUT2D eigenvalue weighted by atomic mass is 32.2. The van der Waals surface area contributed by atoms with Gasteiger partial charge in [0.05, 0.1) is 13.2 Å². The van der Waals surface area contributed by atoms with E-state index in [1.54, 1.807) is 11.8 Å². The van der Waals surface area contributed by atoms with E-state index in [4.69, 9.17) is 9.72 Å². The molecule has 2 fully saturated rings. The Morgan fingerprint density at radius 1 is 0.780 bits per heavy atom. The lowest BCUT2D eigenvalue weighted by Gasteiger charge is -2.56. The number of nitrogens with one attached hydrogen (secondary N) is 1. The number of rotatable bonds is 5. The zero-order valence-corrected chi connectivity index (χ0v) is 24.3. The van der Waals surface area contributed by atoms with Crippen molar-refractivity contribution in [1.82, 2.24) is 14.9 Å². The normalized spacial score (nSPS) is 22.2. The number of hydrogen-bond donors (Lipinski definition) is 1. The van der Waals surface area contributed by atoms with Crippen LogP contribution in [0.5, 0.6) is 0 Å². The summed E-state index contributed by atoms with van der Waals surface area (Å²) >= 11 is 1.79. The molecule has 3 atom stereocenters. The fourth-order valence-corrected chi connectivity index (χ4v) is 8.06. The molecule has 206 valence electrons. The van der Waals surface area contributed by atoms with Gasteiger partial charge in [0, 0.05) is 51.9 Å². The summed E-state index contributed by atoms with van der Waals surface area (Å²) in [6.07, 6.45) is 12.4. The van der Waals surface area contributed by atoms with Gasteiger partial charge in [-0.15, -0.1) is 11.8 Å². The number of morpholine rings is 1. The van der Waals surface area contributed by atoms with Gasteiger partial charge in [0.15, 0.2) is 0 Å². The monoisotopic (exact) mass is 557 g/mol. The molecule has 41 heavy (non-hydrogen) atoms. The second kappa shape index (κ2) is 10.5. The molecule has 1 N–H and O–H groups in total. The molecule has 2 saturated heterocycles. The van der Waals surface area contributed by atoms with Gasteiger partial charge in [-0.25, -0.2) is 4.98 Å². The molecule has 1 aliphatic carbocycles. The first-order valence-electron chi connectivity index (χ1n) is 14.9. The Balaban J connectivity index is 1.06. The fourth-order valence-electron chi connectivity index (χ4n) is 7.44. The predicted molar refractivity (Wildman–Crippen MR) is 169 cm³/mol. The first kappa shape index (κ1) is 25.3. The number of aryl methyl sites for hydroxylation is 2. The van der Waals surface area contributed by atoms with Crippen molar-refractivity contribution < 1.29 is 4.74 Å². The summed E-state index contributed by atoms with van der Waals surface area (Å²) in [5, 5.41) is 1.17. The second-order valence-corrected chi connectivity index (χ2v) is 12.7. The molecule has 2 aromatic heterocycles. The van der Waals surface area contributed by atoms with Crippen molar-refractivity contribution in [3.05, 3.63) is 96.3 Å². The van der Waals surface area contributed by atoms with E-state index in [9.17, 15) is 0 Å². The third-order valence-corrected chi connectivity index (χ3v) is 10.4. The summed E-state index contributed by atoms with van der Waals surface area (Å²) in [5.74, 6) is 0. The third kappa shape index (κ3) is 4.51. The first-order chi connectivity index (χ1) is 20.2. The van der Waals surface area contributed by atoms with Crippen LogP contribution in [0.15, 0.2) is 90.1 Å². The number of ether oxygens (including phenoxy) is 1. The van der Waals surface area contributed by atoms with Gasteiger partial charge in [0.2, 0.25) is 0 Å². The standard InChI is InChI=1S/C36H35N3OS/c1-41-35-5-3-2-4-32(35)24-7-9-25(10-8-24)34-20-38-36-33(34)17-28(19-37-36)27-11-6-23-12-14-29(15-13-26(23)16-27)39-30-18-31(39)22-40-21-30/h2-11,16-17,19-20,29-31H,12-15,18,21-22H2,1H3,(H,37,38). The SMILES string of the molecule is CSc1ccccc1-c1ccc(-c2c[nH]c3ncc(-c4ccc5c(c4)CCC(N4C6COCC4C6)CC5)cc23)cc1. The average Bonchev–Trinajstić information content (AvgIpc) is 3.35. The summed E-state index contributed by atoms with van der Waals surface area (Å²) in [5.41, 5.74) is 11.3. The van der Waals surface area contributed by atoms with E-state index < -0.39 is 0 Å². The lowest BCUT2D eigenvalue weighted by Crippen LogP contribution is -2.66. The van der Waals surface area contributed by atoms with Crippen LogP contribution in [0.2, 0.25) is 0 Å². The van der Waals surface area contributed by atoms with Crippen molar-refractivity contribution >= 4 is 22.8 Å². The van der Waals surface area contributed by atoms with Gasteiger partial charge in [-0.2, -0.15) is 0 Å². The van der Waals surface area contributed by atoms with E-state index in [0.29, 0.717) is 18.1 Å². The minimum Gasteiger partial charge on any atom is -0.378 e. The van der Waals surface area contributed by atoms with Gasteiger partial charge in [-0.3, -0.25) is 4.90 Å². The van der Waals surface area contributed by atoms with Crippen LogP contribution in [0, 0.1) is 0 Å². The lowest BCUT2D eigenvalue weighted by atomic mass is 9.87. The Hall–Kier alpha value is -3.38. The van der Waals surface area contributed by atoms with E-state index in [1.165, 1.54) is 80.5 Å². The molecule has 0 radical (unpaired) electrons. The van der Waals surface area contributed by atoms with Crippen molar-refractivity contribution in [2.45, 2.75) is 55.1 Å². The van der Waals surface area contributed by atoms with Crippen molar-refractivity contribution in [1.29, 1.82) is 0 Å². The molecule has 3 aromatic carbocycles. The van der Waals surface area contributed by atoms with Crippen LogP contribution in [-0.2, 0) is 17.6 Å². The summed E-state index contributed by atoms with van der Waals surface area (Å²) < 4.78 is 5.75. The quantitative estimate of drug-likeness (QED) is 0.176. The van der Waals surface area contributed by atoms with E-state index >= 15 is 0 Å². The minimum absolute atomic E-state index is 0.659. The molecule has 5 heteroatoms. The topological polar surface area (TPSA) is 41.2 Å². The molecule has 2 bridgehead atoms. The molecular weight excluding hydrogens is 522 g/mol. The van der Waals surface area contributed by atoms with Gasteiger partial charge in [-0.05, 0) is 83.9 Å². The number of nitrogens with zero attached hydrogens (tertiary/aromatic N) is 2. The largest absolute Gasteiger partial charge is 0.378 e. The van der Waals surface area contributed by atoms with Crippen molar-refractivity contribution in [2.24, 2.45) is 0 Å². The van der Waals surface area contributed by atoms with Gasteiger partial charge in [0.25, 0.3) is 0 Å². The Morgan fingerprint density at radius 3 is 2.29 bits per heavy atom. The summed E-state index contributed by atoms with van der Waals surface area (Å²) in [7, 11) is 0. The summed E-state index contributed by atoms with van der Waals surface area (Å²) in [6, 6.07) is 29.0. The highest BCUT2D eigenvalue weighted by Crippen LogP contribution is 2.38. The average molecular weight is 558 g/mol. The number of fused-ring (bicyclic) bond motifs is 4. The molecule has 4 nitrogen and oxygen atoms in total. The zero-order chi connectivity index (χ0) is 27.3. The molecule has 0 amide bonds. The van der Waals surface area contributed by atoms with Gasteiger partial charge in [0.1, 0.15) is 5.65 Å². The molecule has 0 saturated carbocycles. The van der Waals surface area contributed by atoms with Crippen LogP contribution in [0.1, 0.15) is 30.4 Å². The first-order valence-corrected chi connectivity index (χ1v) is 16.2. The number of aromatic amines is 1. The van der Waals surface area contributed by atoms with E-state index in [0.717, 1.165) is 25.3 Å². The molecule has 5 aromatic rings. The number of thioether (sulfide) groups is 1. The Kier molecular flexibility index (Phi) is 6.47. The number of pyridine rings is 1. The van der Waals surface area contributed by atoms with Crippen LogP contribution in [-0.4, -0.2) is 52.5 Å². The maximum atomic E-state index is 5.75. The van der Waals surface area contributed by atoms with Crippen molar-refractivity contribution in [3.8, 4) is 33.4 Å². The Morgan fingerprint density at radius 2 is 1.51 bits per heavy atom. The van der Waals surface area contributed by atoms with E-state index in [2.05, 4.69) is 95.1 Å². The van der Waals surface area contributed by atoms with Crippen LogP contribution in [0.25, 0.3) is 44.4 Å². The molecule has 2 aliphatic heterocycles. The maximum absolute atomic E-state index is 5.75. The molecule has 8 rings (SSSR count). The summed E-state index contributed by atoms with van der Waals surface area (Å²) in [6.45, 7) is 1.85. The highest BCUT2D eigenvalue weighted by Gasteiger charge is 2.45. The van der Waals surface area contributed by atoms with Gasteiger partial charge >= 0.3 is 0 Å². The molecule has 4 heterocycles. The number of aromatic nitrogens is 2. The van der Waals surface area contributed by atoms with Crippen molar-refractivity contribution in [2.75, 3.05) is 19.5 Å². The van der Waals surface area contributed by atoms with Crippen LogP contribution in [0.3, 0.4) is 0 Å². The Labute approximate surface area is 246 Å². The minimum atomic E-state index is 0.659. The maximum Gasteiger partial charge on any atom is 0.137 e. The fraction of sp³-hybridized carbons (Fsp3) is 0.306. The van der Waals surface area contributed by atoms with Gasteiger partial charge < -0.3 is 9.72 Å². The third-order valence-electron chi connectivity index (χ3n) is 9.61. The molecule has 3 unspecified atom stereocenters. The Bertz CT molecular complexity index is 1710. The van der Waals surface area contributed by atoms with E-state index in [1.807, 2.05) is 6.20 Å². The highest BCUT2D eigenvalue weighted by molar-refractivity contribution is 7.98. The number of hydrogen-bond acceptors (Lipinski definition) is 4. The van der Waals surface area contributed by atoms with Crippen LogP contribution < -0.4 is 0 Å². The summed E-state index contributed by atoms with van der Waals surface area (Å²) in [4.78, 5) is 12.3. The molecular formula is C36H35N3OS. The number of benzene rings is 3.